The molecular formula is C16H25NO2S. The number of benzene rings is 1. The SMILES string of the molecule is COCc1cc(C(C)NCC2(SC)CC2)ccc1OC. The zero-order chi connectivity index (χ0) is 14.6. The average Bonchev–Trinajstić information content (AvgIpc) is 3.26. The van der Waals surface area contributed by atoms with Gasteiger partial charge < -0.3 is 14.8 Å². The number of thioether (sulfide) groups is 1. The first-order valence-corrected chi connectivity index (χ1v) is 8.31. The first kappa shape index (κ1) is 15.7. The summed E-state index contributed by atoms with van der Waals surface area (Å²) < 4.78 is 11.1. The van der Waals surface area contributed by atoms with Gasteiger partial charge in [0.15, 0.2) is 0 Å². The molecule has 3 nitrogen and oxygen atoms in total. The number of methoxy groups -OCH3 is 2. The van der Waals surface area contributed by atoms with Gasteiger partial charge in [-0.2, -0.15) is 11.8 Å². The molecule has 0 aliphatic heterocycles. The Morgan fingerprint density at radius 2 is 2.10 bits per heavy atom. The zero-order valence-corrected chi connectivity index (χ0v) is 13.7. The highest BCUT2D eigenvalue weighted by Crippen LogP contribution is 2.46. The second-order valence-electron chi connectivity index (χ2n) is 5.49. The molecule has 0 bridgehead atoms. The molecule has 0 radical (unpaired) electrons. The molecule has 0 aromatic heterocycles. The van der Waals surface area contributed by atoms with Gasteiger partial charge in [0.05, 0.1) is 13.7 Å². The van der Waals surface area contributed by atoms with Crippen LogP contribution in [0.1, 0.15) is 36.9 Å². The Kier molecular flexibility index (Phi) is 5.35. The van der Waals surface area contributed by atoms with Crippen LogP contribution in [0.3, 0.4) is 0 Å². The molecule has 0 spiro atoms. The number of rotatable bonds is 8. The molecule has 4 heteroatoms. The smallest absolute Gasteiger partial charge is 0.124 e. The van der Waals surface area contributed by atoms with Crippen molar-refractivity contribution in [1.82, 2.24) is 5.32 Å². The van der Waals surface area contributed by atoms with Crippen LogP contribution in [-0.2, 0) is 11.3 Å². The molecule has 0 heterocycles. The van der Waals surface area contributed by atoms with Crippen molar-refractivity contribution in [2.24, 2.45) is 0 Å². The molecule has 2 rings (SSSR count). The Hall–Kier alpha value is -0.710. The van der Waals surface area contributed by atoms with E-state index in [0.717, 1.165) is 17.9 Å². The summed E-state index contributed by atoms with van der Waals surface area (Å²) in [6, 6.07) is 6.69. The van der Waals surface area contributed by atoms with E-state index in [1.807, 2.05) is 17.8 Å². The summed E-state index contributed by atoms with van der Waals surface area (Å²) >= 11 is 1.99. The minimum Gasteiger partial charge on any atom is -0.496 e. The third kappa shape index (κ3) is 3.68. The highest BCUT2D eigenvalue weighted by Gasteiger charge is 2.41. The lowest BCUT2D eigenvalue weighted by atomic mass is 10.0. The van der Waals surface area contributed by atoms with Crippen molar-refractivity contribution in [3.05, 3.63) is 29.3 Å². The standard InChI is InChI=1S/C16H25NO2S/c1-12(17-11-16(20-4)7-8-16)13-5-6-15(19-3)14(9-13)10-18-2/h5-6,9,12,17H,7-8,10-11H2,1-4H3. The monoisotopic (exact) mass is 295 g/mol. The maximum atomic E-state index is 5.37. The van der Waals surface area contributed by atoms with Crippen LogP contribution in [0.5, 0.6) is 5.75 Å². The lowest BCUT2D eigenvalue weighted by molar-refractivity contribution is 0.181. The topological polar surface area (TPSA) is 30.5 Å². The van der Waals surface area contributed by atoms with Gasteiger partial charge in [0.2, 0.25) is 0 Å². The molecule has 1 aliphatic carbocycles. The van der Waals surface area contributed by atoms with Crippen molar-refractivity contribution in [2.75, 3.05) is 27.0 Å². The Balaban J connectivity index is 2.01. The molecule has 0 saturated heterocycles. The van der Waals surface area contributed by atoms with Gasteiger partial charge in [0.25, 0.3) is 0 Å². The summed E-state index contributed by atoms with van der Waals surface area (Å²) in [7, 11) is 3.41. The quantitative estimate of drug-likeness (QED) is 0.796. The molecule has 1 fully saturated rings. The normalized spacial score (nSPS) is 17.8. The van der Waals surface area contributed by atoms with Gasteiger partial charge >= 0.3 is 0 Å². The Morgan fingerprint density at radius 3 is 2.65 bits per heavy atom. The molecule has 1 saturated carbocycles. The van der Waals surface area contributed by atoms with Crippen molar-refractivity contribution < 1.29 is 9.47 Å². The molecule has 1 N–H and O–H groups in total. The maximum Gasteiger partial charge on any atom is 0.124 e. The van der Waals surface area contributed by atoms with Crippen LogP contribution in [0.15, 0.2) is 18.2 Å². The van der Waals surface area contributed by atoms with Crippen LogP contribution in [-0.4, -0.2) is 31.8 Å². The third-order valence-corrected chi connectivity index (χ3v) is 5.49. The summed E-state index contributed by atoms with van der Waals surface area (Å²) in [5.41, 5.74) is 2.39. The summed E-state index contributed by atoms with van der Waals surface area (Å²) in [5, 5.41) is 3.66. The van der Waals surface area contributed by atoms with E-state index in [-0.39, 0.29) is 0 Å². The molecule has 20 heavy (non-hydrogen) atoms. The fourth-order valence-corrected chi connectivity index (χ4v) is 3.12. The molecule has 1 aliphatic rings. The van der Waals surface area contributed by atoms with E-state index in [1.54, 1.807) is 14.2 Å². The van der Waals surface area contributed by atoms with Gasteiger partial charge in [0, 0.05) is 30.0 Å². The number of nitrogens with one attached hydrogen (secondary N) is 1. The maximum absolute atomic E-state index is 5.37. The highest BCUT2D eigenvalue weighted by atomic mass is 32.2. The second-order valence-corrected chi connectivity index (χ2v) is 6.77. The summed E-state index contributed by atoms with van der Waals surface area (Å²) in [4.78, 5) is 0. The van der Waals surface area contributed by atoms with Crippen molar-refractivity contribution >= 4 is 11.8 Å². The Morgan fingerprint density at radius 1 is 1.35 bits per heavy atom. The minimum absolute atomic E-state index is 0.348. The number of ether oxygens (including phenoxy) is 2. The van der Waals surface area contributed by atoms with Crippen LogP contribution in [0.2, 0.25) is 0 Å². The molecule has 112 valence electrons. The first-order chi connectivity index (χ1) is 9.64. The summed E-state index contributed by atoms with van der Waals surface area (Å²) in [5.74, 6) is 0.894. The van der Waals surface area contributed by atoms with Gasteiger partial charge in [-0.25, -0.2) is 0 Å². The minimum atomic E-state index is 0.348. The van der Waals surface area contributed by atoms with E-state index >= 15 is 0 Å². The van der Waals surface area contributed by atoms with Gasteiger partial charge in [0.1, 0.15) is 5.75 Å². The van der Waals surface area contributed by atoms with E-state index in [2.05, 4.69) is 30.6 Å². The number of hydrogen-bond acceptors (Lipinski definition) is 4. The number of hydrogen-bond donors (Lipinski definition) is 1. The van der Waals surface area contributed by atoms with Crippen molar-refractivity contribution in [3.8, 4) is 5.75 Å². The van der Waals surface area contributed by atoms with E-state index in [9.17, 15) is 0 Å². The fraction of sp³-hybridized carbons (Fsp3) is 0.625. The van der Waals surface area contributed by atoms with E-state index in [4.69, 9.17) is 9.47 Å². The fourth-order valence-electron chi connectivity index (χ4n) is 2.39. The van der Waals surface area contributed by atoms with Crippen LogP contribution < -0.4 is 10.1 Å². The van der Waals surface area contributed by atoms with Crippen molar-refractivity contribution in [3.63, 3.8) is 0 Å². The van der Waals surface area contributed by atoms with Crippen molar-refractivity contribution in [2.45, 2.75) is 37.2 Å². The largest absolute Gasteiger partial charge is 0.496 e. The Labute approximate surface area is 126 Å². The summed E-state index contributed by atoms with van der Waals surface area (Å²) in [6.07, 6.45) is 4.89. The van der Waals surface area contributed by atoms with Crippen LogP contribution in [0.25, 0.3) is 0 Å². The van der Waals surface area contributed by atoms with Crippen LogP contribution in [0, 0.1) is 0 Å². The predicted molar refractivity (Wildman–Crippen MR) is 85.6 cm³/mol. The molecule has 0 amide bonds. The molecular weight excluding hydrogens is 270 g/mol. The lowest BCUT2D eigenvalue weighted by Crippen LogP contribution is -2.28. The average molecular weight is 295 g/mol. The van der Waals surface area contributed by atoms with Gasteiger partial charge in [-0.3, -0.25) is 0 Å². The zero-order valence-electron chi connectivity index (χ0n) is 12.9. The van der Waals surface area contributed by atoms with Crippen LogP contribution >= 0.6 is 11.8 Å². The molecule has 1 atom stereocenters. The van der Waals surface area contributed by atoms with Crippen LogP contribution in [0.4, 0.5) is 0 Å². The van der Waals surface area contributed by atoms with E-state index in [1.165, 1.54) is 18.4 Å². The predicted octanol–water partition coefficient (Wildman–Crippen LogP) is 3.39. The molecule has 1 aromatic rings. The first-order valence-electron chi connectivity index (χ1n) is 7.08. The second kappa shape index (κ2) is 6.83. The van der Waals surface area contributed by atoms with E-state index < -0.39 is 0 Å². The van der Waals surface area contributed by atoms with Gasteiger partial charge in [-0.15, -0.1) is 0 Å². The van der Waals surface area contributed by atoms with Gasteiger partial charge in [-0.1, -0.05) is 6.07 Å². The third-order valence-electron chi connectivity index (χ3n) is 4.08. The van der Waals surface area contributed by atoms with E-state index in [0.29, 0.717) is 17.4 Å². The summed E-state index contributed by atoms with van der Waals surface area (Å²) in [6.45, 7) is 3.88. The highest BCUT2D eigenvalue weighted by molar-refractivity contribution is 8.00. The van der Waals surface area contributed by atoms with Crippen molar-refractivity contribution in [1.29, 1.82) is 0 Å². The Bertz CT molecular complexity index is 446. The van der Waals surface area contributed by atoms with Gasteiger partial charge in [-0.05, 0) is 43.7 Å². The molecule has 1 unspecified atom stereocenters. The lowest BCUT2D eigenvalue weighted by Gasteiger charge is -2.20. The molecule has 1 aromatic carbocycles.